The predicted molar refractivity (Wildman–Crippen MR) is 97.0 cm³/mol. The predicted octanol–water partition coefficient (Wildman–Crippen LogP) is 3.19. The zero-order valence-corrected chi connectivity index (χ0v) is 14.7. The summed E-state index contributed by atoms with van der Waals surface area (Å²) in [7, 11) is 4.64. The molecule has 0 aromatic heterocycles. The van der Waals surface area contributed by atoms with Gasteiger partial charge in [0.1, 0.15) is 0 Å². The van der Waals surface area contributed by atoms with Crippen molar-refractivity contribution in [1.29, 1.82) is 0 Å². The maximum atomic E-state index is 9.85. The third-order valence-corrected chi connectivity index (χ3v) is 4.68. The summed E-state index contributed by atoms with van der Waals surface area (Å²) in [6.45, 7) is -1.81. The largest absolute Gasteiger partial charge is 0.504 e. The molecule has 1 heterocycles. The zero-order chi connectivity index (χ0) is 20.5. The van der Waals surface area contributed by atoms with Crippen molar-refractivity contribution in [3.8, 4) is 23.0 Å². The first-order valence-electron chi connectivity index (χ1n) is 9.66. The van der Waals surface area contributed by atoms with Crippen LogP contribution in [0, 0.1) is 0 Å². The molecule has 0 amide bonds. The van der Waals surface area contributed by atoms with Gasteiger partial charge in [0.2, 0.25) is 0 Å². The lowest BCUT2D eigenvalue weighted by molar-refractivity contribution is 0.227. The lowest BCUT2D eigenvalue weighted by Crippen LogP contribution is -2.33. The molecule has 5 heteroatoms. The molecule has 2 aromatic carbocycles. The van der Waals surface area contributed by atoms with Gasteiger partial charge in [-0.2, -0.15) is 0 Å². The van der Waals surface area contributed by atoms with Crippen LogP contribution in [0.1, 0.15) is 26.8 Å². The number of likely N-dealkylation sites (N-methyl/N-ethyl adjacent to an activating group) is 1. The summed E-state index contributed by atoms with van der Waals surface area (Å²) in [5.74, 6) is 1.62. The van der Waals surface area contributed by atoms with E-state index in [0.717, 1.165) is 16.7 Å². The van der Waals surface area contributed by atoms with Crippen molar-refractivity contribution >= 4 is 0 Å². The monoisotopic (exact) mass is 346 g/mol. The van der Waals surface area contributed by atoms with E-state index in [2.05, 4.69) is 0 Å². The average Bonchev–Trinajstić information content (AvgIpc) is 2.67. The van der Waals surface area contributed by atoms with E-state index in [0.29, 0.717) is 36.6 Å². The van der Waals surface area contributed by atoms with Crippen molar-refractivity contribution in [3.05, 3.63) is 47.0 Å². The molecule has 1 atom stereocenters. The molecule has 0 fully saturated rings. The highest BCUT2D eigenvalue weighted by atomic mass is 16.5. The van der Waals surface area contributed by atoms with Gasteiger partial charge >= 0.3 is 0 Å². The summed E-state index contributed by atoms with van der Waals surface area (Å²) in [5.41, 5.74) is 2.83. The molecule has 0 radical (unpaired) electrons. The second kappa shape index (κ2) is 7.23. The fourth-order valence-corrected chi connectivity index (χ4v) is 3.32. The van der Waals surface area contributed by atoms with Crippen molar-refractivity contribution < 1.29 is 23.4 Å². The van der Waals surface area contributed by atoms with Gasteiger partial charge in [0.05, 0.1) is 21.3 Å². The maximum absolute atomic E-state index is 9.85. The normalized spacial score (nSPS) is 19.3. The van der Waals surface area contributed by atoms with E-state index in [1.165, 1.54) is 7.11 Å². The summed E-state index contributed by atoms with van der Waals surface area (Å²) in [6, 6.07) is 8.51. The van der Waals surface area contributed by atoms with Gasteiger partial charge < -0.3 is 19.3 Å². The Kier molecular flexibility index (Phi) is 4.00. The molecule has 1 aliphatic heterocycles. The van der Waals surface area contributed by atoms with Gasteiger partial charge in [0, 0.05) is 16.7 Å². The molecular formula is C20H25NO4. The Bertz CT molecular complexity index is 854. The minimum atomic E-state index is -2.23. The molecule has 1 N–H and O–H groups in total. The van der Waals surface area contributed by atoms with Gasteiger partial charge in [-0.3, -0.25) is 4.90 Å². The van der Waals surface area contributed by atoms with Crippen LogP contribution in [0.25, 0.3) is 0 Å². The van der Waals surface area contributed by atoms with E-state index in [-0.39, 0.29) is 11.8 Å². The van der Waals surface area contributed by atoms with Crippen LogP contribution < -0.4 is 14.2 Å². The van der Waals surface area contributed by atoms with Gasteiger partial charge in [-0.25, -0.2) is 0 Å². The number of phenolic OH excluding ortho intramolecular Hbond substituents is 1. The number of aromatic hydroxyl groups is 1. The smallest absolute Gasteiger partial charge is 0.161 e. The molecule has 2 aromatic rings. The van der Waals surface area contributed by atoms with Crippen molar-refractivity contribution in [2.24, 2.45) is 0 Å². The van der Waals surface area contributed by atoms with Gasteiger partial charge in [-0.15, -0.1) is 0 Å². The molecule has 0 aliphatic carbocycles. The SMILES string of the molecule is [2H]C([2H])([2H])N1CCc2cc(OC)c(OC)cc2C1Cc1ccc(O)c(OC)c1. The third-order valence-electron chi connectivity index (χ3n) is 4.68. The number of nitrogens with zero attached hydrogens (tertiary/aromatic N) is 1. The molecule has 0 saturated heterocycles. The second-order valence-corrected chi connectivity index (χ2v) is 6.08. The van der Waals surface area contributed by atoms with Gasteiger partial charge in [-0.1, -0.05) is 6.07 Å². The lowest BCUT2D eigenvalue weighted by Gasteiger charge is -2.35. The topological polar surface area (TPSA) is 51.2 Å². The first-order chi connectivity index (χ1) is 13.3. The molecule has 0 saturated carbocycles. The number of hydrogen-bond acceptors (Lipinski definition) is 5. The number of hydrogen-bond donors (Lipinski definition) is 1. The maximum Gasteiger partial charge on any atom is 0.161 e. The Balaban J connectivity index is 2.07. The van der Waals surface area contributed by atoms with E-state index >= 15 is 0 Å². The van der Waals surface area contributed by atoms with Gasteiger partial charge in [0.15, 0.2) is 23.0 Å². The van der Waals surface area contributed by atoms with E-state index < -0.39 is 6.98 Å². The summed E-state index contributed by atoms with van der Waals surface area (Å²) in [6.07, 6.45) is 1.07. The van der Waals surface area contributed by atoms with Crippen LogP contribution in [0.5, 0.6) is 23.0 Å². The average molecular weight is 346 g/mol. The quantitative estimate of drug-likeness (QED) is 0.901. The molecule has 1 unspecified atom stereocenters. The molecule has 5 nitrogen and oxygen atoms in total. The number of fused-ring (bicyclic) bond motifs is 1. The first kappa shape index (κ1) is 13.8. The fourth-order valence-electron chi connectivity index (χ4n) is 3.32. The van der Waals surface area contributed by atoms with Crippen LogP contribution >= 0.6 is 0 Å². The summed E-state index contributed by atoms with van der Waals surface area (Å²) >= 11 is 0. The number of rotatable bonds is 5. The van der Waals surface area contributed by atoms with E-state index in [1.54, 1.807) is 37.3 Å². The van der Waals surface area contributed by atoms with Crippen LogP contribution in [0.2, 0.25) is 0 Å². The van der Waals surface area contributed by atoms with Crippen LogP contribution in [-0.4, -0.2) is 44.9 Å². The van der Waals surface area contributed by atoms with Crippen molar-refractivity contribution in [2.45, 2.75) is 18.9 Å². The van der Waals surface area contributed by atoms with Crippen molar-refractivity contribution in [1.82, 2.24) is 4.90 Å². The zero-order valence-electron chi connectivity index (χ0n) is 17.7. The molecule has 134 valence electrons. The fraction of sp³-hybridized carbons (Fsp3) is 0.400. The minimum Gasteiger partial charge on any atom is -0.504 e. The molecule has 3 rings (SSSR count). The summed E-state index contributed by atoms with van der Waals surface area (Å²) in [5, 5.41) is 9.85. The number of benzene rings is 2. The van der Waals surface area contributed by atoms with Gasteiger partial charge in [-0.05, 0) is 60.8 Å². The van der Waals surface area contributed by atoms with Crippen LogP contribution in [-0.2, 0) is 12.8 Å². The highest BCUT2D eigenvalue weighted by molar-refractivity contribution is 5.50. The lowest BCUT2D eigenvalue weighted by atomic mass is 9.88. The molecule has 1 aliphatic rings. The number of methoxy groups -OCH3 is 3. The first-order valence-corrected chi connectivity index (χ1v) is 8.16. The Labute approximate surface area is 153 Å². The summed E-state index contributed by atoms with van der Waals surface area (Å²) < 4.78 is 40.0. The highest BCUT2D eigenvalue weighted by Crippen LogP contribution is 2.39. The van der Waals surface area contributed by atoms with Crippen LogP contribution in [0.15, 0.2) is 30.3 Å². The molecule has 0 bridgehead atoms. The van der Waals surface area contributed by atoms with Crippen molar-refractivity contribution in [3.63, 3.8) is 0 Å². The van der Waals surface area contributed by atoms with E-state index in [4.69, 9.17) is 18.3 Å². The Morgan fingerprint density at radius 3 is 2.48 bits per heavy atom. The van der Waals surface area contributed by atoms with Crippen molar-refractivity contribution in [2.75, 3.05) is 34.8 Å². The Morgan fingerprint density at radius 2 is 1.80 bits per heavy atom. The Morgan fingerprint density at radius 1 is 1.08 bits per heavy atom. The van der Waals surface area contributed by atoms with Gasteiger partial charge in [0.25, 0.3) is 0 Å². The van der Waals surface area contributed by atoms with E-state index in [1.807, 2.05) is 12.1 Å². The highest BCUT2D eigenvalue weighted by Gasteiger charge is 2.27. The van der Waals surface area contributed by atoms with Crippen LogP contribution in [0.4, 0.5) is 0 Å². The molecular weight excluding hydrogens is 318 g/mol. The molecule has 0 spiro atoms. The standard InChI is InChI=1S/C20H25NO4/c1-21-8-7-14-11-19(24-3)20(25-4)12-15(14)16(21)9-13-5-6-17(22)18(10-13)23-2/h5-6,10-12,16,22H,7-9H2,1-4H3/i1D3. The number of ether oxygens (including phenoxy) is 3. The van der Waals surface area contributed by atoms with E-state index in [9.17, 15) is 5.11 Å². The second-order valence-electron chi connectivity index (χ2n) is 6.08. The minimum absolute atomic E-state index is 0.0503. The summed E-state index contributed by atoms with van der Waals surface area (Å²) in [4.78, 5) is 1.54. The van der Waals surface area contributed by atoms with Crippen LogP contribution in [0.3, 0.4) is 0 Å². The third kappa shape index (κ3) is 3.37. The molecule has 25 heavy (non-hydrogen) atoms. The Hall–Kier alpha value is -2.40. The number of phenols is 1.